The van der Waals surface area contributed by atoms with Crippen molar-refractivity contribution >= 4 is 10.8 Å². The first kappa shape index (κ1) is 16.2. The average Bonchev–Trinajstić information content (AvgIpc) is 2.66. The van der Waals surface area contributed by atoms with Crippen molar-refractivity contribution < 1.29 is 5.11 Å². The summed E-state index contributed by atoms with van der Waals surface area (Å²) >= 11 is 0. The van der Waals surface area contributed by atoms with Crippen molar-refractivity contribution in [3.05, 3.63) is 77.9 Å². The van der Waals surface area contributed by atoms with E-state index >= 15 is 0 Å². The molecule has 1 aliphatic heterocycles. The lowest BCUT2D eigenvalue weighted by atomic mass is 9.90. The maximum absolute atomic E-state index is 11.0. The standard InChI is InChI=1S/C23H25NO/c1-17-13-15-24(16-14-17)22(19-8-3-2-4-9-19)21-12-11-18-7-5-6-10-20(18)23(21)25/h2-12,17,22,25H,13-16H2,1H3/t22-/m1/s1. The minimum absolute atomic E-state index is 0.110. The number of fused-ring (bicyclic) bond motifs is 1. The minimum atomic E-state index is 0.110. The molecule has 1 fully saturated rings. The van der Waals surface area contributed by atoms with Crippen LogP contribution in [0.4, 0.5) is 0 Å². The highest BCUT2D eigenvalue weighted by molar-refractivity contribution is 5.89. The Bertz CT molecular complexity index is 850. The third-order valence-corrected chi connectivity index (χ3v) is 5.53. The number of hydrogen-bond acceptors (Lipinski definition) is 2. The second-order valence-corrected chi connectivity index (χ2v) is 7.26. The molecule has 1 aliphatic rings. The predicted octanol–water partition coefficient (Wildman–Crippen LogP) is 5.37. The van der Waals surface area contributed by atoms with Crippen molar-refractivity contribution in [1.82, 2.24) is 4.90 Å². The van der Waals surface area contributed by atoms with Crippen LogP contribution in [0.1, 0.15) is 36.9 Å². The van der Waals surface area contributed by atoms with E-state index in [0.29, 0.717) is 5.75 Å². The van der Waals surface area contributed by atoms with Crippen molar-refractivity contribution in [2.45, 2.75) is 25.8 Å². The molecule has 0 radical (unpaired) electrons. The molecule has 1 saturated heterocycles. The second-order valence-electron chi connectivity index (χ2n) is 7.26. The van der Waals surface area contributed by atoms with Gasteiger partial charge in [0.25, 0.3) is 0 Å². The van der Waals surface area contributed by atoms with E-state index in [2.05, 4.69) is 60.4 Å². The molecule has 0 amide bonds. The molecule has 25 heavy (non-hydrogen) atoms. The van der Waals surface area contributed by atoms with E-state index in [4.69, 9.17) is 0 Å². The summed E-state index contributed by atoms with van der Waals surface area (Å²) in [6, 6.07) is 23.0. The molecule has 0 aliphatic carbocycles. The van der Waals surface area contributed by atoms with Crippen LogP contribution in [-0.2, 0) is 0 Å². The SMILES string of the molecule is CC1CCN([C@H](c2ccccc2)c2ccc3ccccc3c2O)CC1. The largest absolute Gasteiger partial charge is 0.507 e. The molecule has 0 aromatic heterocycles. The van der Waals surface area contributed by atoms with E-state index in [1.54, 1.807) is 0 Å². The fourth-order valence-corrected chi connectivity index (χ4v) is 4.00. The number of nitrogens with zero attached hydrogens (tertiary/aromatic N) is 1. The summed E-state index contributed by atoms with van der Waals surface area (Å²) in [6.45, 7) is 4.49. The summed E-state index contributed by atoms with van der Waals surface area (Å²) < 4.78 is 0. The normalized spacial score (nSPS) is 17.6. The van der Waals surface area contributed by atoms with Crippen LogP contribution in [0.3, 0.4) is 0 Å². The molecule has 128 valence electrons. The van der Waals surface area contributed by atoms with Crippen LogP contribution < -0.4 is 0 Å². The molecule has 0 bridgehead atoms. The monoisotopic (exact) mass is 331 g/mol. The number of likely N-dealkylation sites (tertiary alicyclic amines) is 1. The molecule has 1 heterocycles. The Morgan fingerprint density at radius 1 is 0.880 bits per heavy atom. The molecule has 3 aromatic rings. The van der Waals surface area contributed by atoms with E-state index in [9.17, 15) is 5.11 Å². The molecule has 4 rings (SSSR count). The first-order valence-electron chi connectivity index (χ1n) is 9.23. The fraction of sp³-hybridized carbons (Fsp3) is 0.304. The number of piperidine rings is 1. The van der Waals surface area contributed by atoms with Crippen LogP contribution in [0.15, 0.2) is 66.7 Å². The topological polar surface area (TPSA) is 23.5 Å². The lowest BCUT2D eigenvalue weighted by Crippen LogP contribution is -2.36. The van der Waals surface area contributed by atoms with Crippen molar-refractivity contribution in [3.8, 4) is 5.75 Å². The summed E-state index contributed by atoms with van der Waals surface area (Å²) in [4.78, 5) is 2.53. The molecule has 1 N–H and O–H groups in total. The van der Waals surface area contributed by atoms with Gasteiger partial charge in [0.2, 0.25) is 0 Å². The van der Waals surface area contributed by atoms with Crippen LogP contribution in [0.5, 0.6) is 5.75 Å². The van der Waals surface area contributed by atoms with Gasteiger partial charge in [-0.3, -0.25) is 4.90 Å². The zero-order valence-corrected chi connectivity index (χ0v) is 14.7. The molecular formula is C23H25NO. The molecule has 0 saturated carbocycles. The minimum Gasteiger partial charge on any atom is -0.507 e. The van der Waals surface area contributed by atoms with Crippen molar-refractivity contribution in [1.29, 1.82) is 0 Å². The van der Waals surface area contributed by atoms with Gasteiger partial charge in [-0.05, 0) is 42.8 Å². The third-order valence-electron chi connectivity index (χ3n) is 5.53. The Morgan fingerprint density at radius 2 is 1.56 bits per heavy atom. The van der Waals surface area contributed by atoms with Gasteiger partial charge in [0.05, 0.1) is 6.04 Å². The molecule has 2 heteroatoms. The Labute approximate surface area is 149 Å². The molecule has 0 spiro atoms. The smallest absolute Gasteiger partial charge is 0.128 e. The summed E-state index contributed by atoms with van der Waals surface area (Å²) in [5.41, 5.74) is 2.27. The molecule has 0 unspecified atom stereocenters. The summed E-state index contributed by atoms with van der Waals surface area (Å²) in [7, 11) is 0. The number of phenolic OH excluding ortho intramolecular Hbond substituents is 1. The highest BCUT2D eigenvalue weighted by atomic mass is 16.3. The third kappa shape index (κ3) is 3.14. The first-order chi connectivity index (χ1) is 12.2. The van der Waals surface area contributed by atoms with Crippen LogP contribution in [0, 0.1) is 5.92 Å². The average molecular weight is 331 g/mol. The van der Waals surface area contributed by atoms with Gasteiger partial charge in [-0.15, -0.1) is 0 Å². The van der Waals surface area contributed by atoms with Gasteiger partial charge in [0, 0.05) is 10.9 Å². The van der Waals surface area contributed by atoms with Gasteiger partial charge in [0.15, 0.2) is 0 Å². The molecule has 2 nitrogen and oxygen atoms in total. The van der Waals surface area contributed by atoms with E-state index in [1.807, 2.05) is 18.2 Å². The first-order valence-corrected chi connectivity index (χ1v) is 9.23. The van der Waals surface area contributed by atoms with Crippen molar-refractivity contribution in [2.75, 3.05) is 13.1 Å². The lowest BCUT2D eigenvalue weighted by molar-refractivity contribution is 0.156. The number of rotatable bonds is 3. The second kappa shape index (κ2) is 6.89. The number of phenols is 1. The van der Waals surface area contributed by atoms with Crippen molar-refractivity contribution in [3.63, 3.8) is 0 Å². The molecule has 1 atom stereocenters. The van der Waals surface area contributed by atoms with E-state index < -0.39 is 0 Å². The maximum atomic E-state index is 11.0. The van der Waals surface area contributed by atoms with E-state index in [-0.39, 0.29) is 6.04 Å². The van der Waals surface area contributed by atoms with Gasteiger partial charge in [0.1, 0.15) is 5.75 Å². The number of benzene rings is 3. The van der Waals surface area contributed by atoms with Gasteiger partial charge in [-0.2, -0.15) is 0 Å². The predicted molar refractivity (Wildman–Crippen MR) is 104 cm³/mol. The Morgan fingerprint density at radius 3 is 2.32 bits per heavy atom. The van der Waals surface area contributed by atoms with E-state index in [1.165, 1.54) is 18.4 Å². The van der Waals surface area contributed by atoms with Crippen LogP contribution in [0.2, 0.25) is 0 Å². The van der Waals surface area contributed by atoms with Crippen LogP contribution in [0.25, 0.3) is 10.8 Å². The zero-order chi connectivity index (χ0) is 17.2. The Balaban J connectivity index is 1.82. The number of hydrogen-bond donors (Lipinski definition) is 1. The quantitative estimate of drug-likeness (QED) is 0.698. The highest BCUT2D eigenvalue weighted by Gasteiger charge is 2.28. The summed E-state index contributed by atoms with van der Waals surface area (Å²) in [5, 5.41) is 13.1. The molecular weight excluding hydrogens is 306 g/mol. The van der Waals surface area contributed by atoms with Crippen molar-refractivity contribution in [2.24, 2.45) is 5.92 Å². The molecule has 3 aromatic carbocycles. The van der Waals surface area contributed by atoms with Gasteiger partial charge in [-0.25, -0.2) is 0 Å². The van der Waals surface area contributed by atoms with E-state index in [0.717, 1.165) is 35.3 Å². The zero-order valence-electron chi connectivity index (χ0n) is 14.7. The Hall–Kier alpha value is -2.32. The van der Waals surface area contributed by atoms with Gasteiger partial charge < -0.3 is 5.11 Å². The maximum Gasteiger partial charge on any atom is 0.128 e. The number of aromatic hydroxyl groups is 1. The Kier molecular flexibility index (Phi) is 4.46. The fourth-order valence-electron chi connectivity index (χ4n) is 4.00. The van der Waals surface area contributed by atoms with Gasteiger partial charge >= 0.3 is 0 Å². The van der Waals surface area contributed by atoms with Crippen LogP contribution in [-0.4, -0.2) is 23.1 Å². The highest BCUT2D eigenvalue weighted by Crippen LogP contribution is 2.39. The van der Waals surface area contributed by atoms with Crippen LogP contribution >= 0.6 is 0 Å². The summed E-state index contributed by atoms with van der Waals surface area (Å²) in [6.07, 6.45) is 2.44. The summed E-state index contributed by atoms with van der Waals surface area (Å²) in [5.74, 6) is 1.21. The van der Waals surface area contributed by atoms with Gasteiger partial charge in [-0.1, -0.05) is 73.7 Å². The lowest BCUT2D eigenvalue weighted by Gasteiger charge is -2.37.